The Morgan fingerprint density at radius 3 is 2.38 bits per heavy atom. The summed E-state index contributed by atoms with van der Waals surface area (Å²) in [6.07, 6.45) is 0.518. The van der Waals surface area contributed by atoms with Crippen molar-refractivity contribution < 1.29 is 19.1 Å². The summed E-state index contributed by atoms with van der Waals surface area (Å²) in [5.74, 6) is -0.690. The normalized spacial score (nSPS) is 12.6. The SMILES string of the molecule is CC(C)(C)OC(=O)C(Br)CCC(=O)OCc1ccccc1. The van der Waals surface area contributed by atoms with E-state index in [2.05, 4.69) is 15.9 Å². The molecule has 1 atom stereocenters. The van der Waals surface area contributed by atoms with E-state index in [4.69, 9.17) is 9.47 Å². The summed E-state index contributed by atoms with van der Waals surface area (Å²) in [7, 11) is 0. The zero-order valence-corrected chi connectivity index (χ0v) is 14.2. The van der Waals surface area contributed by atoms with E-state index in [0.29, 0.717) is 6.42 Å². The molecule has 1 unspecified atom stereocenters. The maximum Gasteiger partial charge on any atom is 0.320 e. The molecule has 0 fully saturated rings. The number of halogens is 1. The first-order valence-electron chi connectivity index (χ1n) is 6.84. The van der Waals surface area contributed by atoms with Gasteiger partial charge in [-0.25, -0.2) is 0 Å². The number of carbonyl (C=O) groups is 2. The second kappa shape index (κ2) is 8.17. The number of benzene rings is 1. The molecule has 0 spiro atoms. The molecule has 4 nitrogen and oxygen atoms in total. The minimum atomic E-state index is -0.531. The van der Waals surface area contributed by atoms with Crippen LogP contribution < -0.4 is 0 Å². The summed E-state index contributed by atoms with van der Waals surface area (Å²) >= 11 is 3.24. The van der Waals surface area contributed by atoms with E-state index in [0.717, 1.165) is 5.56 Å². The highest BCUT2D eigenvalue weighted by Gasteiger charge is 2.23. The van der Waals surface area contributed by atoms with E-state index >= 15 is 0 Å². The standard InChI is InChI=1S/C16H21BrO4/c1-16(2,3)21-15(19)13(17)9-10-14(18)20-11-12-7-5-4-6-8-12/h4-8,13H,9-11H2,1-3H3. The number of carbonyl (C=O) groups excluding carboxylic acids is 2. The molecule has 0 saturated heterocycles. The number of hydrogen-bond donors (Lipinski definition) is 0. The van der Waals surface area contributed by atoms with Crippen molar-refractivity contribution in [3.63, 3.8) is 0 Å². The molecule has 0 aliphatic rings. The van der Waals surface area contributed by atoms with Crippen molar-refractivity contribution in [1.82, 2.24) is 0 Å². The highest BCUT2D eigenvalue weighted by Crippen LogP contribution is 2.16. The van der Waals surface area contributed by atoms with Crippen LogP contribution in [0.4, 0.5) is 0 Å². The lowest BCUT2D eigenvalue weighted by Crippen LogP contribution is -2.29. The van der Waals surface area contributed by atoms with Crippen LogP contribution in [0.1, 0.15) is 39.2 Å². The molecule has 0 radical (unpaired) electrons. The molecule has 1 aromatic rings. The highest BCUT2D eigenvalue weighted by atomic mass is 79.9. The van der Waals surface area contributed by atoms with E-state index in [1.165, 1.54) is 0 Å². The molecule has 0 bridgehead atoms. The smallest absolute Gasteiger partial charge is 0.320 e. The molecule has 1 aromatic carbocycles. The first kappa shape index (κ1) is 17.7. The fourth-order valence-electron chi connectivity index (χ4n) is 1.54. The third-order valence-corrected chi connectivity index (χ3v) is 3.34. The van der Waals surface area contributed by atoms with Crippen LogP contribution in [0, 0.1) is 0 Å². The van der Waals surface area contributed by atoms with E-state index in [1.807, 2.05) is 30.3 Å². The first-order chi connectivity index (χ1) is 9.78. The Morgan fingerprint density at radius 2 is 1.81 bits per heavy atom. The average Bonchev–Trinajstić information content (AvgIpc) is 2.41. The predicted octanol–water partition coefficient (Wildman–Crippen LogP) is 3.62. The fraction of sp³-hybridized carbons (Fsp3) is 0.500. The molecule has 0 saturated carbocycles. The molecule has 21 heavy (non-hydrogen) atoms. The van der Waals surface area contributed by atoms with Gasteiger partial charge in [0, 0.05) is 6.42 Å². The zero-order valence-electron chi connectivity index (χ0n) is 12.6. The van der Waals surface area contributed by atoms with Crippen LogP contribution in [0.3, 0.4) is 0 Å². The minimum absolute atomic E-state index is 0.169. The van der Waals surface area contributed by atoms with Crippen LogP contribution in [0.25, 0.3) is 0 Å². The molecule has 0 aliphatic heterocycles. The first-order valence-corrected chi connectivity index (χ1v) is 7.76. The van der Waals surface area contributed by atoms with Crippen molar-refractivity contribution in [2.45, 2.75) is 50.6 Å². The summed E-state index contributed by atoms with van der Waals surface area (Å²) in [6.45, 7) is 5.66. The van der Waals surface area contributed by atoms with E-state index in [-0.39, 0.29) is 25.0 Å². The number of esters is 2. The molecule has 0 aromatic heterocycles. The summed E-state index contributed by atoms with van der Waals surface area (Å²) in [5, 5.41) is 0. The van der Waals surface area contributed by atoms with Gasteiger partial charge in [0.2, 0.25) is 0 Å². The van der Waals surface area contributed by atoms with Crippen molar-refractivity contribution in [3.05, 3.63) is 35.9 Å². The minimum Gasteiger partial charge on any atom is -0.461 e. The molecule has 116 valence electrons. The van der Waals surface area contributed by atoms with Crippen molar-refractivity contribution in [1.29, 1.82) is 0 Å². The molecule has 0 aliphatic carbocycles. The van der Waals surface area contributed by atoms with Crippen LogP contribution in [0.15, 0.2) is 30.3 Å². The lowest BCUT2D eigenvalue weighted by molar-refractivity contribution is -0.154. The second-order valence-electron chi connectivity index (χ2n) is 5.69. The summed E-state index contributed by atoms with van der Waals surface area (Å²) < 4.78 is 10.4. The van der Waals surface area contributed by atoms with Gasteiger partial charge in [0.1, 0.15) is 17.0 Å². The lowest BCUT2D eigenvalue weighted by atomic mass is 10.2. The third kappa shape index (κ3) is 7.85. The van der Waals surface area contributed by atoms with Gasteiger partial charge in [0.15, 0.2) is 0 Å². The van der Waals surface area contributed by atoms with Crippen LogP contribution in [0.5, 0.6) is 0 Å². The van der Waals surface area contributed by atoms with Crippen molar-refractivity contribution in [3.8, 4) is 0 Å². The average molecular weight is 357 g/mol. The van der Waals surface area contributed by atoms with Crippen molar-refractivity contribution in [2.75, 3.05) is 0 Å². The van der Waals surface area contributed by atoms with Gasteiger partial charge in [-0.05, 0) is 32.8 Å². The molecule has 5 heteroatoms. The Bertz CT molecular complexity index is 465. The monoisotopic (exact) mass is 356 g/mol. The summed E-state index contributed by atoms with van der Waals surface area (Å²) in [6, 6.07) is 9.46. The Labute approximate surface area is 133 Å². The van der Waals surface area contributed by atoms with E-state index < -0.39 is 10.4 Å². The predicted molar refractivity (Wildman–Crippen MR) is 84.0 cm³/mol. The number of rotatable bonds is 6. The molecular weight excluding hydrogens is 336 g/mol. The van der Waals surface area contributed by atoms with Gasteiger partial charge in [-0.1, -0.05) is 46.3 Å². The number of hydrogen-bond acceptors (Lipinski definition) is 4. The maximum atomic E-state index is 11.7. The van der Waals surface area contributed by atoms with Gasteiger partial charge in [-0.3, -0.25) is 9.59 Å². The zero-order chi connectivity index (χ0) is 15.9. The van der Waals surface area contributed by atoms with Crippen LogP contribution in [0.2, 0.25) is 0 Å². The van der Waals surface area contributed by atoms with Crippen molar-refractivity contribution in [2.24, 2.45) is 0 Å². The molecule has 0 N–H and O–H groups in total. The van der Waals surface area contributed by atoms with E-state index in [9.17, 15) is 9.59 Å². The van der Waals surface area contributed by atoms with Gasteiger partial charge < -0.3 is 9.47 Å². The highest BCUT2D eigenvalue weighted by molar-refractivity contribution is 9.10. The third-order valence-electron chi connectivity index (χ3n) is 2.51. The van der Waals surface area contributed by atoms with Crippen LogP contribution >= 0.6 is 15.9 Å². The Kier molecular flexibility index (Phi) is 6.89. The van der Waals surface area contributed by atoms with Gasteiger partial charge in [-0.15, -0.1) is 0 Å². The van der Waals surface area contributed by atoms with Crippen LogP contribution in [-0.4, -0.2) is 22.4 Å². The summed E-state index contributed by atoms with van der Waals surface area (Å²) in [5.41, 5.74) is 0.407. The second-order valence-corrected chi connectivity index (χ2v) is 6.79. The van der Waals surface area contributed by atoms with Gasteiger partial charge in [0.05, 0.1) is 0 Å². The van der Waals surface area contributed by atoms with Crippen molar-refractivity contribution >= 4 is 27.9 Å². The number of ether oxygens (including phenoxy) is 2. The lowest BCUT2D eigenvalue weighted by Gasteiger charge is -2.21. The quantitative estimate of drug-likeness (QED) is 0.577. The fourth-order valence-corrected chi connectivity index (χ4v) is 1.86. The Morgan fingerprint density at radius 1 is 1.19 bits per heavy atom. The van der Waals surface area contributed by atoms with E-state index in [1.54, 1.807) is 20.8 Å². The topological polar surface area (TPSA) is 52.6 Å². The van der Waals surface area contributed by atoms with Crippen LogP contribution in [-0.2, 0) is 25.7 Å². The molecule has 0 amide bonds. The Balaban J connectivity index is 2.28. The Hall–Kier alpha value is -1.36. The summed E-state index contributed by atoms with van der Waals surface area (Å²) in [4.78, 5) is 22.9. The molecular formula is C16H21BrO4. The van der Waals surface area contributed by atoms with Gasteiger partial charge in [-0.2, -0.15) is 0 Å². The molecule has 0 heterocycles. The number of alkyl halides is 1. The van der Waals surface area contributed by atoms with Gasteiger partial charge in [0.25, 0.3) is 0 Å². The van der Waals surface area contributed by atoms with Gasteiger partial charge >= 0.3 is 11.9 Å². The maximum absolute atomic E-state index is 11.7. The largest absolute Gasteiger partial charge is 0.461 e. The molecule has 1 rings (SSSR count).